The third-order valence-electron chi connectivity index (χ3n) is 2.41. The van der Waals surface area contributed by atoms with E-state index in [1.165, 1.54) is 32.4 Å². The van der Waals surface area contributed by atoms with Crippen LogP contribution in [0.3, 0.4) is 0 Å². The van der Waals surface area contributed by atoms with E-state index in [2.05, 4.69) is 10.6 Å². The summed E-state index contributed by atoms with van der Waals surface area (Å²) in [6.07, 6.45) is 4.17. The van der Waals surface area contributed by atoms with E-state index in [0.29, 0.717) is 0 Å². The lowest BCUT2D eigenvalue weighted by Crippen LogP contribution is -2.51. The van der Waals surface area contributed by atoms with Crippen LogP contribution in [0, 0.1) is 0 Å². The predicted molar refractivity (Wildman–Crippen MR) is 51.9 cm³/mol. The van der Waals surface area contributed by atoms with Crippen molar-refractivity contribution in [2.75, 3.05) is 13.1 Å². The fraction of sp³-hybridized carbons (Fsp3) is 1.00. The third kappa shape index (κ3) is 2.79. The molecule has 2 nitrogen and oxygen atoms in total. The number of hydrogen-bond acceptors (Lipinski definition) is 2. The first-order valence-corrected chi connectivity index (χ1v) is 3.92. The quantitative estimate of drug-likeness (QED) is 0.606. The molecule has 11 heavy (non-hydrogen) atoms. The summed E-state index contributed by atoms with van der Waals surface area (Å²) in [6.45, 7) is 2.40. The molecule has 3 aliphatic heterocycles. The van der Waals surface area contributed by atoms with Crippen molar-refractivity contribution in [3.8, 4) is 0 Å². The largest absolute Gasteiger partial charge is 0.311 e. The molecule has 0 aromatic heterocycles. The van der Waals surface area contributed by atoms with E-state index < -0.39 is 0 Å². The van der Waals surface area contributed by atoms with Gasteiger partial charge in [0.1, 0.15) is 0 Å². The summed E-state index contributed by atoms with van der Waals surface area (Å²) in [4.78, 5) is 0. The first-order valence-electron chi connectivity index (χ1n) is 3.92. The predicted octanol–water partition coefficient (Wildman–Crippen LogP) is 0.944. The number of rotatable bonds is 0. The van der Waals surface area contributed by atoms with Crippen LogP contribution in [-0.4, -0.2) is 25.2 Å². The van der Waals surface area contributed by atoms with Gasteiger partial charge in [0, 0.05) is 25.2 Å². The lowest BCUT2D eigenvalue weighted by molar-refractivity contribution is 0.376. The Bertz CT molecular complexity index is 85.1. The molecule has 0 amide bonds. The van der Waals surface area contributed by atoms with Gasteiger partial charge in [-0.25, -0.2) is 0 Å². The first-order chi connectivity index (χ1) is 4.45. The van der Waals surface area contributed by atoms with Crippen molar-refractivity contribution >= 4 is 24.8 Å². The molecule has 68 valence electrons. The van der Waals surface area contributed by atoms with E-state index in [1.54, 1.807) is 0 Å². The molecule has 3 heterocycles. The van der Waals surface area contributed by atoms with Crippen LogP contribution >= 0.6 is 24.8 Å². The lowest BCUT2D eigenvalue weighted by Gasteiger charge is -2.25. The molecule has 0 aromatic rings. The average Bonchev–Trinajstić information content (AvgIpc) is 2.21. The van der Waals surface area contributed by atoms with Crippen molar-refractivity contribution in [3.05, 3.63) is 0 Å². The van der Waals surface area contributed by atoms with Gasteiger partial charge in [-0.05, 0) is 12.8 Å². The van der Waals surface area contributed by atoms with E-state index in [0.717, 1.165) is 12.1 Å². The maximum absolute atomic E-state index is 3.52. The zero-order valence-corrected chi connectivity index (χ0v) is 8.14. The molecular weight excluding hydrogens is 183 g/mol. The Morgan fingerprint density at radius 3 is 1.64 bits per heavy atom. The minimum absolute atomic E-state index is 0. The van der Waals surface area contributed by atoms with Gasteiger partial charge in [0.05, 0.1) is 0 Å². The summed E-state index contributed by atoms with van der Waals surface area (Å²) < 4.78 is 0. The maximum atomic E-state index is 3.52. The van der Waals surface area contributed by atoms with Crippen molar-refractivity contribution in [1.82, 2.24) is 10.6 Å². The standard InChI is InChI=1S/C7H14N2.2ClH/c1-2-6-4-9-7(3-1)5-8-6;;/h6-9H,1-5H2;2*1H. The zero-order valence-electron chi connectivity index (χ0n) is 6.51. The molecule has 3 aliphatic rings. The maximum Gasteiger partial charge on any atom is 0.0193 e. The van der Waals surface area contributed by atoms with Gasteiger partial charge in [-0.1, -0.05) is 6.42 Å². The highest BCUT2D eigenvalue weighted by atomic mass is 35.5. The van der Waals surface area contributed by atoms with Gasteiger partial charge in [-0.3, -0.25) is 0 Å². The molecule has 4 heteroatoms. The molecule has 0 radical (unpaired) electrons. The summed E-state index contributed by atoms with van der Waals surface area (Å²) in [5.74, 6) is 0. The highest BCUT2D eigenvalue weighted by molar-refractivity contribution is 5.85. The molecule has 0 saturated carbocycles. The number of fused-ring (bicyclic) bond motifs is 4. The molecule has 2 N–H and O–H groups in total. The van der Waals surface area contributed by atoms with Crippen LogP contribution in [0.1, 0.15) is 19.3 Å². The highest BCUT2D eigenvalue weighted by Gasteiger charge is 2.22. The minimum Gasteiger partial charge on any atom is -0.311 e. The summed E-state index contributed by atoms with van der Waals surface area (Å²) >= 11 is 0. The second-order valence-electron chi connectivity index (χ2n) is 3.14. The Balaban J connectivity index is 0.000000500. The van der Waals surface area contributed by atoms with Crippen LogP contribution < -0.4 is 10.6 Å². The highest BCUT2D eigenvalue weighted by Crippen LogP contribution is 2.12. The Labute approximate surface area is 80.3 Å². The second-order valence-corrected chi connectivity index (χ2v) is 3.14. The summed E-state index contributed by atoms with van der Waals surface area (Å²) in [7, 11) is 0. The van der Waals surface area contributed by atoms with E-state index in [9.17, 15) is 0 Å². The van der Waals surface area contributed by atoms with Gasteiger partial charge in [0.15, 0.2) is 0 Å². The molecule has 3 saturated heterocycles. The van der Waals surface area contributed by atoms with Crippen molar-refractivity contribution < 1.29 is 0 Å². The molecule has 3 rings (SSSR count). The first kappa shape index (κ1) is 11.5. The van der Waals surface area contributed by atoms with E-state index in [-0.39, 0.29) is 24.8 Å². The minimum atomic E-state index is 0. The Kier molecular flexibility index (Phi) is 5.44. The molecular formula is C7H16Cl2N2. The van der Waals surface area contributed by atoms with E-state index in [4.69, 9.17) is 0 Å². The Morgan fingerprint density at radius 2 is 1.27 bits per heavy atom. The van der Waals surface area contributed by atoms with Crippen LogP contribution in [0.4, 0.5) is 0 Å². The average molecular weight is 199 g/mol. The summed E-state index contributed by atoms with van der Waals surface area (Å²) in [5.41, 5.74) is 0. The van der Waals surface area contributed by atoms with Gasteiger partial charge in [0.2, 0.25) is 0 Å². The van der Waals surface area contributed by atoms with Crippen molar-refractivity contribution in [2.45, 2.75) is 31.3 Å². The summed E-state index contributed by atoms with van der Waals surface area (Å²) in [6, 6.07) is 1.56. The van der Waals surface area contributed by atoms with Crippen LogP contribution in [0.25, 0.3) is 0 Å². The molecule has 2 bridgehead atoms. The second kappa shape index (κ2) is 5.20. The third-order valence-corrected chi connectivity index (χ3v) is 2.41. The van der Waals surface area contributed by atoms with Gasteiger partial charge in [-0.2, -0.15) is 0 Å². The van der Waals surface area contributed by atoms with Crippen LogP contribution in [0.5, 0.6) is 0 Å². The van der Waals surface area contributed by atoms with Gasteiger partial charge in [0.25, 0.3) is 0 Å². The molecule has 3 fully saturated rings. The van der Waals surface area contributed by atoms with Crippen LogP contribution in [-0.2, 0) is 0 Å². The SMILES string of the molecule is C1CC2CNC(C1)CN2.Cl.Cl. The monoisotopic (exact) mass is 198 g/mol. The lowest BCUT2D eigenvalue weighted by atomic mass is 10.1. The Morgan fingerprint density at radius 1 is 0.818 bits per heavy atom. The fourth-order valence-corrected chi connectivity index (χ4v) is 1.78. The number of hydrogen-bond donors (Lipinski definition) is 2. The molecule has 0 aliphatic carbocycles. The number of nitrogens with one attached hydrogen (secondary N) is 2. The smallest absolute Gasteiger partial charge is 0.0193 e. The van der Waals surface area contributed by atoms with Crippen LogP contribution in [0.15, 0.2) is 0 Å². The molecule has 0 aromatic carbocycles. The van der Waals surface area contributed by atoms with Crippen molar-refractivity contribution in [3.63, 3.8) is 0 Å². The molecule has 2 atom stereocenters. The fourth-order valence-electron chi connectivity index (χ4n) is 1.78. The Hall–Kier alpha value is 0.500. The zero-order chi connectivity index (χ0) is 6.10. The van der Waals surface area contributed by atoms with Crippen LogP contribution in [0.2, 0.25) is 0 Å². The van der Waals surface area contributed by atoms with Gasteiger partial charge in [-0.15, -0.1) is 24.8 Å². The van der Waals surface area contributed by atoms with Crippen molar-refractivity contribution in [1.29, 1.82) is 0 Å². The number of piperazine rings is 1. The van der Waals surface area contributed by atoms with E-state index >= 15 is 0 Å². The van der Waals surface area contributed by atoms with Crippen molar-refractivity contribution in [2.24, 2.45) is 0 Å². The van der Waals surface area contributed by atoms with Gasteiger partial charge >= 0.3 is 0 Å². The molecule has 0 spiro atoms. The van der Waals surface area contributed by atoms with E-state index in [1.807, 2.05) is 0 Å². The molecule has 2 unspecified atom stereocenters. The summed E-state index contributed by atoms with van der Waals surface area (Å²) in [5, 5.41) is 7.04. The van der Waals surface area contributed by atoms with Gasteiger partial charge < -0.3 is 10.6 Å². The topological polar surface area (TPSA) is 24.1 Å². The normalized spacial score (nSPS) is 34.9. The number of halogens is 2.